The van der Waals surface area contributed by atoms with Gasteiger partial charge in [0.1, 0.15) is 0 Å². The first-order valence-corrected chi connectivity index (χ1v) is 9.89. The summed E-state index contributed by atoms with van der Waals surface area (Å²) in [6.45, 7) is 4.49. The van der Waals surface area contributed by atoms with E-state index in [4.69, 9.17) is 9.47 Å². The molecule has 0 bridgehead atoms. The highest BCUT2D eigenvalue weighted by atomic mass is 32.2. The molecule has 3 aromatic rings. The minimum absolute atomic E-state index is 0.117. The largest absolute Gasteiger partial charge is 0.454 e. The van der Waals surface area contributed by atoms with Gasteiger partial charge in [-0.2, -0.15) is 0 Å². The molecule has 0 radical (unpaired) electrons. The molecule has 136 valence electrons. The van der Waals surface area contributed by atoms with Gasteiger partial charge in [0.15, 0.2) is 11.5 Å². The molecule has 0 saturated carbocycles. The second-order valence-electron chi connectivity index (χ2n) is 6.44. The predicted molar refractivity (Wildman–Crippen MR) is 99.2 cm³/mol. The van der Waals surface area contributed by atoms with Gasteiger partial charge in [0, 0.05) is 29.2 Å². The van der Waals surface area contributed by atoms with Crippen LogP contribution in [-0.2, 0) is 16.4 Å². The summed E-state index contributed by atoms with van der Waals surface area (Å²) in [6.07, 6.45) is 0.610. The summed E-state index contributed by atoms with van der Waals surface area (Å²) < 4.78 is 38.2. The van der Waals surface area contributed by atoms with Crippen molar-refractivity contribution >= 4 is 20.9 Å². The fourth-order valence-electron chi connectivity index (χ4n) is 3.26. The molecule has 1 aromatic heterocycles. The van der Waals surface area contributed by atoms with Crippen molar-refractivity contribution in [3.63, 3.8) is 0 Å². The maximum absolute atomic E-state index is 12.5. The van der Waals surface area contributed by atoms with E-state index in [2.05, 4.69) is 27.9 Å². The number of rotatable bonds is 5. The number of hydrogen-bond acceptors (Lipinski definition) is 4. The van der Waals surface area contributed by atoms with Crippen molar-refractivity contribution in [3.05, 3.63) is 53.2 Å². The summed E-state index contributed by atoms with van der Waals surface area (Å²) in [6, 6.07) is 10.9. The van der Waals surface area contributed by atoms with Crippen LogP contribution in [0.15, 0.2) is 41.3 Å². The van der Waals surface area contributed by atoms with Crippen LogP contribution in [0.3, 0.4) is 0 Å². The lowest BCUT2D eigenvalue weighted by molar-refractivity contribution is 0.174. The maximum atomic E-state index is 12.5. The van der Waals surface area contributed by atoms with E-state index in [9.17, 15) is 8.42 Å². The molecule has 0 fully saturated rings. The van der Waals surface area contributed by atoms with E-state index in [1.54, 1.807) is 6.07 Å². The van der Waals surface area contributed by atoms with Crippen molar-refractivity contribution in [1.82, 2.24) is 9.71 Å². The molecule has 0 unspecified atom stereocenters. The Morgan fingerprint density at radius 2 is 1.88 bits per heavy atom. The molecule has 0 saturated heterocycles. The van der Waals surface area contributed by atoms with Gasteiger partial charge in [0.25, 0.3) is 0 Å². The smallest absolute Gasteiger partial charge is 0.240 e. The van der Waals surface area contributed by atoms with E-state index < -0.39 is 10.0 Å². The molecule has 0 amide bonds. The van der Waals surface area contributed by atoms with Gasteiger partial charge in [-0.15, -0.1) is 0 Å². The molecule has 2 N–H and O–H groups in total. The Morgan fingerprint density at radius 1 is 1.08 bits per heavy atom. The van der Waals surface area contributed by atoms with Crippen molar-refractivity contribution in [1.29, 1.82) is 0 Å². The van der Waals surface area contributed by atoms with Crippen LogP contribution in [0.2, 0.25) is 0 Å². The molecule has 2 aromatic carbocycles. The molecule has 2 heterocycles. The van der Waals surface area contributed by atoms with E-state index in [0.29, 0.717) is 24.5 Å². The number of aromatic amines is 1. The number of ether oxygens (including phenoxy) is 2. The average Bonchev–Trinajstić information content (AvgIpc) is 3.19. The Kier molecular flexibility index (Phi) is 4.13. The molecule has 1 aliphatic rings. The SMILES string of the molecule is Cc1ccc2[nH]c(C)c(CCNS(=O)(=O)c3ccc4c(c3)OCO4)c2c1. The quantitative estimate of drug-likeness (QED) is 0.721. The molecule has 6 nitrogen and oxygen atoms in total. The average molecular weight is 372 g/mol. The fraction of sp³-hybridized carbons (Fsp3) is 0.263. The molecule has 0 spiro atoms. The first-order valence-electron chi connectivity index (χ1n) is 8.41. The lowest BCUT2D eigenvalue weighted by Crippen LogP contribution is -2.26. The highest BCUT2D eigenvalue weighted by Gasteiger charge is 2.20. The van der Waals surface area contributed by atoms with Gasteiger partial charge >= 0.3 is 0 Å². The van der Waals surface area contributed by atoms with Gasteiger partial charge in [-0.3, -0.25) is 0 Å². The Balaban J connectivity index is 1.51. The number of sulfonamides is 1. The van der Waals surface area contributed by atoms with Crippen LogP contribution in [0.1, 0.15) is 16.8 Å². The number of fused-ring (bicyclic) bond motifs is 2. The monoisotopic (exact) mass is 372 g/mol. The highest BCUT2D eigenvalue weighted by Crippen LogP contribution is 2.33. The van der Waals surface area contributed by atoms with E-state index in [1.807, 2.05) is 13.8 Å². The minimum Gasteiger partial charge on any atom is -0.454 e. The van der Waals surface area contributed by atoms with Gasteiger partial charge in [-0.05, 0) is 50.1 Å². The standard InChI is InChI=1S/C19H20N2O4S/c1-12-3-5-17-16(9-12)15(13(2)21-17)7-8-20-26(22,23)14-4-6-18-19(10-14)25-11-24-18/h3-6,9-10,20-21H,7-8,11H2,1-2H3. The minimum atomic E-state index is -3.61. The third-order valence-corrected chi connectivity index (χ3v) is 6.06. The van der Waals surface area contributed by atoms with Crippen LogP contribution < -0.4 is 14.2 Å². The van der Waals surface area contributed by atoms with Crippen molar-refractivity contribution in [2.75, 3.05) is 13.3 Å². The van der Waals surface area contributed by atoms with Crippen LogP contribution in [-0.4, -0.2) is 26.7 Å². The molecule has 0 aliphatic carbocycles. The summed E-state index contributed by atoms with van der Waals surface area (Å²) in [5.41, 5.74) is 4.45. The summed E-state index contributed by atoms with van der Waals surface area (Å²) in [5.74, 6) is 1.02. The lowest BCUT2D eigenvalue weighted by atomic mass is 10.1. The van der Waals surface area contributed by atoms with Crippen molar-refractivity contribution in [3.8, 4) is 11.5 Å². The summed E-state index contributed by atoms with van der Waals surface area (Å²) in [4.78, 5) is 3.53. The second-order valence-corrected chi connectivity index (χ2v) is 8.21. The normalized spacial score (nSPS) is 13.5. The van der Waals surface area contributed by atoms with Gasteiger partial charge in [0.05, 0.1) is 4.90 Å². The van der Waals surface area contributed by atoms with Crippen LogP contribution in [0.5, 0.6) is 11.5 Å². The second kappa shape index (κ2) is 6.34. The molecular weight excluding hydrogens is 352 g/mol. The predicted octanol–water partition coefficient (Wildman–Crippen LogP) is 3.03. The number of aryl methyl sites for hydroxylation is 2. The summed E-state index contributed by atoms with van der Waals surface area (Å²) in [7, 11) is -3.61. The van der Waals surface area contributed by atoms with Crippen molar-refractivity contribution in [2.45, 2.75) is 25.2 Å². The zero-order chi connectivity index (χ0) is 18.3. The Morgan fingerprint density at radius 3 is 2.73 bits per heavy atom. The maximum Gasteiger partial charge on any atom is 0.240 e. The van der Waals surface area contributed by atoms with E-state index >= 15 is 0 Å². The highest BCUT2D eigenvalue weighted by molar-refractivity contribution is 7.89. The molecular formula is C19H20N2O4S. The number of H-pyrrole nitrogens is 1. The van der Waals surface area contributed by atoms with Gasteiger partial charge in [-0.25, -0.2) is 13.1 Å². The zero-order valence-electron chi connectivity index (χ0n) is 14.6. The number of aromatic nitrogens is 1. The van der Waals surface area contributed by atoms with Crippen LogP contribution >= 0.6 is 0 Å². The Hall–Kier alpha value is -2.51. The van der Waals surface area contributed by atoms with Gasteiger partial charge in [0.2, 0.25) is 16.8 Å². The lowest BCUT2D eigenvalue weighted by Gasteiger charge is -2.08. The van der Waals surface area contributed by atoms with E-state index in [-0.39, 0.29) is 11.7 Å². The first-order chi connectivity index (χ1) is 12.4. The molecule has 0 atom stereocenters. The zero-order valence-corrected chi connectivity index (χ0v) is 15.4. The fourth-order valence-corrected chi connectivity index (χ4v) is 4.30. The van der Waals surface area contributed by atoms with E-state index in [0.717, 1.165) is 22.2 Å². The van der Waals surface area contributed by atoms with Crippen LogP contribution in [0.25, 0.3) is 10.9 Å². The topological polar surface area (TPSA) is 80.4 Å². The number of nitrogens with one attached hydrogen (secondary N) is 2. The number of benzene rings is 2. The molecule has 1 aliphatic heterocycles. The van der Waals surface area contributed by atoms with E-state index in [1.165, 1.54) is 17.7 Å². The van der Waals surface area contributed by atoms with Crippen LogP contribution in [0, 0.1) is 13.8 Å². The number of hydrogen-bond donors (Lipinski definition) is 2. The van der Waals surface area contributed by atoms with Crippen molar-refractivity contribution in [2.24, 2.45) is 0 Å². The summed E-state index contributed by atoms with van der Waals surface area (Å²) in [5, 5.41) is 1.14. The van der Waals surface area contributed by atoms with Crippen LogP contribution in [0.4, 0.5) is 0 Å². The Labute approximate surface area is 152 Å². The third-order valence-electron chi connectivity index (χ3n) is 4.60. The first kappa shape index (κ1) is 16.9. The molecule has 26 heavy (non-hydrogen) atoms. The summed E-state index contributed by atoms with van der Waals surface area (Å²) >= 11 is 0. The van der Waals surface area contributed by atoms with Gasteiger partial charge in [-0.1, -0.05) is 11.6 Å². The van der Waals surface area contributed by atoms with Gasteiger partial charge < -0.3 is 14.5 Å². The molecule has 7 heteroatoms. The Bertz CT molecular complexity index is 1090. The third kappa shape index (κ3) is 3.04. The molecule has 4 rings (SSSR count). The van der Waals surface area contributed by atoms with Crippen molar-refractivity contribution < 1.29 is 17.9 Å².